The predicted octanol–water partition coefficient (Wildman–Crippen LogP) is 0.724. The summed E-state index contributed by atoms with van der Waals surface area (Å²) in [6.45, 7) is 0.396. The molecule has 0 saturated heterocycles. The number of nitrogens with zero attached hydrogens (tertiary/aromatic N) is 2. The maximum absolute atomic E-state index is 11.8. The number of rotatable bonds is 4. The molecule has 18 heavy (non-hydrogen) atoms. The number of nitrogens with one attached hydrogen (secondary N) is 1. The first-order chi connectivity index (χ1) is 8.67. The second-order valence-corrected chi connectivity index (χ2v) is 4.07. The van der Waals surface area contributed by atoms with Crippen LogP contribution in [0.1, 0.15) is 5.82 Å². The Morgan fingerprint density at radius 3 is 3.00 bits per heavy atom. The summed E-state index contributed by atoms with van der Waals surface area (Å²) in [5.41, 5.74) is 5.69. The number of hydrogen-bond acceptors (Lipinski definition) is 4. The minimum Gasteiger partial charge on any atom is -0.495 e. The molecule has 6 nitrogen and oxygen atoms in total. The standard InChI is InChI=1S/C11H13ClN4O2/c1-18-9-3-2-7(12)6-8(9)16-10(4-5-13)14-15-11(16)17/h2-3,6H,4-5,13H2,1H3,(H,15,17). The van der Waals surface area contributed by atoms with E-state index < -0.39 is 0 Å². The van der Waals surface area contributed by atoms with Crippen molar-refractivity contribution in [3.63, 3.8) is 0 Å². The summed E-state index contributed by atoms with van der Waals surface area (Å²) in [5, 5.41) is 6.84. The van der Waals surface area contributed by atoms with Gasteiger partial charge in [-0.2, -0.15) is 5.10 Å². The van der Waals surface area contributed by atoms with Gasteiger partial charge < -0.3 is 10.5 Å². The summed E-state index contributed by atoms with van der Waals surface area (Å²) >= 11 is 5.95. The van der Waals surface area contributed by atoms with Crippen LogP contribution in [-0.2, 0) is 6.42 Å². The summed E-state index contributed by atoms with van der Waals surface area (Å²) < 4.78 is 6.64. The first-order valence-electron chi connectivity index (χ1n) is 5.37. The van der Waals surface area contributed by atoms with Crippen LogP contribution in [0, 0.1) is 0 Å². The van der Waals surface area contributed by atoms with Gasteiger partial charge in [0.25, 0.3) is 0 Å². The first kappa shape index (κ1) is 12.7. The number of ether oxygens (including phenoxy) is 1. The molecule has 96 valence electrons. The number of H-pyrrole nitrogens is 1. The highest BCUT2D eigenvalue weighted by Crippen LogP contribution is 2.25. The number of aromatic nitrogens is 3. The van der Waals surface area contributed by atoms with Crippen LogP contribution in [0.15, 0.2) is 23.0 Å². The fourth-order valence-corrected chi connectivity index (χ4v) is 1.88. The normalized spacial score (nSPS) is 10.6. The Balaban J connectivity index is 2.64. The fourth-order valence-electron chi connectivity index (χ4n) is 1.71. The van der Waals surface area contributed by atoms with Crippen LogP contribution in [0.3, 0.4) is 0 Å². The quantitative estimate of drug-likeness (QED) is 0.856. The molecule has 7 heteroatoms. The van der Waals surface area contributed by atoms with Gasteiger partial charge in [0.1, 0.15) is 11.6 Å². The molecule has 0 aliphatic carbocycles. The van der Waals surface area contributed by atoms with E-state index in [4.69, 9.17) is 22.1 Å². The van der Waals surface area contributed by atoms with Crippen molar-refractivity contribution in [2.24, 2.45) is 5.73 Å². The van der Waals surface area contributed by atoms with Gasteiger partial charge in [-0.25, -0.2) is 14.5 Å². The molecule has 3 N–H and O–H groups in total. The average Bonchev–Trinajstić information content (AvgIpc) is 2.71. The van der Waals surface area contributed by atoms with Crippen molar-refractivity contribution in [1.82, 2.24) is 14.8 Å². The fraction of sp³-hybridized carbons (Fsp3) is 0.273. The SMILES string of the molecule is COc1ccc(Cl)cc1-n1c(CCN)n[nH]c1=O. The smallest absolute Gasteiger partial charge is 0.348 e. The third-order valence-corrected chi connectivity index (χ3v) is 2.73. The molecule has 2 rings (SSSR count). The van der Waals surface area contributed by atoms with Crippen LogP contribution in [0.5, 0.6) is 5.75 Å². The zero-order chi connectivity index (χ0) is 13.1. The highest BCUT2D eigenvalue weighted by Gasteiger charge is 2.14. The lowest BCUT2D eigenvalue weighted by Gasteiger charge is -2.10. The van der Waals surface area contributed by atoms with Gasteiger partial charge in [-0.1, -0.05) is 11.6 Å². The molecule has 1 heterocycles. The summed E-state index contributed by atoms with van der Waals surface area (Å²) in [5.74, 6) is 1.09. The summed E-state index contributed by atoms with van der Waals surface area (Å²) in [4.78, 5) is 11.8. The van der Waals surface area contributed by atoms with E-state index in [2.05, 4.69) is 10.2 Å². The number of hydrogen-bond donors (Lipinski definition) is 2. The average molecular weight is 269 g/mol. The molecule has 0 spiro atoms. The van der Waals surface area contributed by atoms with Gasteiger partial charge in [-0.15, -0.1) is 0 Å². The molecule has 0 unspecified atom stereocenters. The molecule has 0 atom stereocenters. The van der Waals surface area contributed by atoms with Gasteiger partial charge in [0.2, 0.25) is 0 Å². The van der Waals surface area contributed by atoms with E-state index in [9.17, 15) is 4.79 Å². The Labute approximate surface area is 108 Å². The maximum Gasteiger partial charge on any atom is 0.348 e. The van der Waals surface area contributed by atoms with E-state index in [0.717, 1.165) is 0 Å². The minimum absolute atomic E-state index is 0.348. The van der Waals surface area contributed by atoms with Crippen LogP contribution < -0.4 is 16.2 Å². The van der Waals surface area contributed by atoms with Crippen molar-refractivity contribution < 1.29 is 4.74 Å². The lowest BCUT2D eigenvalue weighted by molar-refractivity contribution is 0.412. The Bertz CT molecular complexity index is 605. The molecule has 0 aliphatic rings. The zero-order valence-electron chi connectivity index (χ0n) is 9.81. The summed E-state index contributed by atoms with van der Waals surface area (Å²) in [6, 6.07) is 5.04. The molecule has 2 aromatic rings. The van der Waals surface area contributed by atoms with Crippen LogP contribution in [0.2, 0.25) is 5.02 Å². The van der Waals surface area contributed by atoms with E-state index in [-0.39, 0.29) is 5.69 Å². The number of halogens is 1. The van der Waals surface area contributed by atoms with Crippen molar-refractivity contribution in [2.45, 2.75) is 6.42 Å². The minimum atomic E-state index is -0.348. The largest absolute Gasteiger partial charge is 0.495 e. The van der Waals surface area contributed by atoms with Crippen LogP contribution in [0.4, 0.5) is 0 Å². The van der Waals surface area contributed by atoms with Gasteiger partial charge in [0.15, 0.2) is 0 Å². The molecule has 1 aromatic heterocycles. The summed E-state index contributed by atoms with van der Waals surface area (Å²) in [6.07, 6.45) is 0.481. The van der Waals surface area contributed by atoms with Crippen LogP contribution >= 0.6 is 11.6 Å². The van der Waals surface area contributed by atoms with Gasteiger partial charge in [-0.05, 0) is 24.7 Å². The molecule has 0 bridgehead atoms. The monoisotopic (exact) mass is 268 g/mol. The predicted molar refractivity (Wildman–Crippen MR) is 68.5 cm³/mol. The third-order valence-electron chi connectivity index (χ3n) is 2.49. The lowest BCUT2D eigenvalue weighted by Crippen LogP contribution is -2.19. The highest BCUT2D eigenvalue weighted by molar-refractivity contribution is 6.30. The molecule has 0 fully saturated rings. The molecular weight excluding hydrogens is 256 g/mol. The first-order valence-corrected chi connectivity index (χ1v) is 5.75. The maximum atomic E-state index is 11.8. The van der Waals surface area contributed by atoms with Gasteiger partial charge in [0.05, 0.1) is 12.8 Å². The molecule has 0 amide bonds. The van der Waals surface area contributed by atoms with E-state index >= 15 is 0 Å². The number of methoxy groups -OCH3 is 1. The number of benzene rings is 1. The Hall–Kier alpha value is -1.79. The van der Waals surface area contributed by atoms with E-state index in [0.29, 0.717) is 35.2 Å². The number of nitrogens with two attached hydrogens (primary N) is 1. The van der Waals surface area contributed by atoms with Crippen molar-refractivity contribution >= 4 is 11.6 Å². The molecule has 0 aliphatic heterocycles. The topological polar surface area (TPSA) is 85.9 Å². The molecule has 0 saturated carbocycles. The zero-order valence-corrected chi connectivity index (χ0v) is 10.6. The van der Waals surface area contributed by atoms with E-state index in [1.165, 1.54) is 11.7 Å². The Kier molecular flexibility index (Phi) is 3.69. The molecule has 1 aromatic carbocycles. The number of aromatic amines is 1. The van der Waals surface area contributed by atoms with Gasteiger partial charge in [0, 0.05) is 11.4 Å². The second kappa shape index (κ2) is 5.24. The van der Waals surface area contributed by atoms with Crippen LogP contribution in [-0.4, -0.2) is 28.4 Å². The molecule has 0 radical (unpaired) electrons. The second-order valence-electron chi connectivity index (χ2n) is 3.64. The third kappa shape index (κ3) is 2.25. The Morgan fingerprint density at radius 1 is 1.56 bits per heavy atom. The van der Waals surface area contributed by atoms with Crippen molar-refractivity contribution in [2.75, 3.05) is 13.7 Å². The van der Waals surface area contributed by atoms with Crippen molar-refractivity contribution in [1.29, 1.82) is 0 Å². The molecular formula is C11H13ClN4O2. The van der Waals surface area contributed by atoms with Gasteiger partial charge >= 0.3 is 5.69 Å². The van der Waals surface area contributed by atoms with Crippen LogP contribution in [0.25, 0.3) is 5.69 Å². The van der Waals surface area contributed by atoms with E-state index in [1.807, 2.05) is 0 Å². The van der Waals surface area contributed by atoms with Crippen molar-refractivity contribution in [3.8, 4) is 11.4 Å². The highest BCUT2D eigenvalue weighted by atomic mass is 35.5. The van der Waals surface area contributed by atoms with Crippen molar-refractivity contribution in [3.05, 3.63) is 39.5 Å². The van der Waals surface area contributed by atoms with Gasteiger partial charge in [-0.3, -0.25) is 0 Å². The lowest BCUT2D eigenvalue weighted by atomic mass is 10.2. The van der Waals surface area contributed by atoms with E-state index in [1.54, 1.807) is 18.2 Å². The summed E-state index contributed by atoms with van der Waals surface area (Å²) in [7, 11) is 1.53. The Morgan fingerprint density at radius 2 is 2.33 bits per heavy atom.